The quantitative estimate of drug-likeness (QED) is 0.352. The molecule has 0 bridgehead atoms. The lowest BCUT2D eigenvalue weighted by molar-refractivity contribution is 0.554. The molecule has 0 fully saturated rings. The molecule has 0 atom stereocenters. The molecular weight excluding hydrogens is 359 g/mol. The van der Waals surface area contributed by atoms with Crippen molar-refractivity contribution in [2.45, 2.75) is 117 Å². The minimum Gasteiger partial charge on any atom is -0.506 e. The molecule has 0 aliphatic heterocycles. The Morgan fingerprint density at radius 3 is 1.30 bits per heavy atom. The first kappa shape index (κ1) is 24.9. The van der Waals surface area contributed by atoms with Crippen LogP contribution in [0.4, 0.5) is 0 Å². The molecule has 27 heavy (non-hydrogen) atoms. The summed E-state index contributed by atoms with van der Waals surface area (Å²) in [6.07, 6.45) is 0. The van der Waals surface area contributed by atoms with Gasteiger partial charge in [-0.15, -0.1) is 0 Å². The smallest absolute Gasteiger partial charge is 0.0269 e. The van der Waals surface area contributed by atoms with E-state index in [9.17, 15) is 0 Å². The number of hydrogen-bond acceptors (Lipinski definition) is 0. The lowest BCUT2D eigenvalue weighted by atomic mass is 9.75. The molecule has 1 aromatic rings. The third kappa shape index (κ3) is 6.17. The predicted octanol–water partition coefficient (Wildman–Crippen LogP) is 8.24. The molecule has 0 saturated carbocycles. The van der Waals surface area contributed by atoms with Gasteiger partial charge < -0.3 is 8.58 Å². The number of benzene rings is 1. The fourth-order valence-corrected chi connectivity index (χ4v) is 6.64. The Morgan fingerprint density at radius 2 is 1.04 bits per heavy atom. The summed E-state index contributed by atoms with van der Waals surface area (Å²) >= 11 is 0. The average Bonchev–Trinajstić information content (AvgIpc) is 2.39. The van der Waals surface area contributed by atoms with Crippen molar-refractivity contribution in [2.24, 2.45) is 0 Å². The minimum absolute atomic E-state index is 0.124. The first-order chi connectivity index (χ1) is 11.7. The summed E-state index contributed by atoms with van der Waals surface area (Å²) in [5.41, 5.74) is 4.84. The van der Waals surface area contributed by atoms with E-state index in [1.165, 1.54) is 30.6 Å². The molecule has 0 amide bonds. The Hall–Kier alpha value is -0.133. The second-order valence-corrected chi connectivity index (χ2v) is 19.1. The van der Waals surface area contributed by atoms with E-state index in [4.69, 9.17) is 0 Å². The Balaban J connectivity index is 3.65. The van der Waals surface area contributed by atoms with Crippen LogP contribution in [-0.2, 0) is 16.2 Å². The normalized spacial score (nSPS) is 15.0. The highest BCUT2D eigenvalue weighted by Crippen LogP contribution is 2.44. The third-order valence-electron chi connectivity index (χ3n) is 5.91. The highest BCUT2D eigenvalue weighted by atomic mass is 31.1. The van der Waals surface area contributed by atoms with Crippen molar-refractivity contribution in [3.8, 4) is 0 Å². The van der Waals surface area contributed by atoms with Crippen molar-refractivity contribution in [3.63, 3.8) is 0 Å². The van der Waals surface area contributed by atoms with Crippen molar-refractivity contribution >= 4 is 22.0 Å². The van der Waals surface area contributed by atoms with Crippen LogP contribution in [0.1, 0.15) is 99.8 Å². The van der Waals surface area contributed by atoms with Gasteiger partial charge in [0.15, 0.2) is 0 Å². The lowest BCUT2D eigenvalue weighted by Crippen LogP contribution is -2.38. The van der Waals surface area contributed by atoms with Crippen LogP contribution in [-0.4, -0.2) is 8.07 Å². The second-order valence-electron chi connectivity index (χ2n) is 12.8. The summed E-state index contributed by atoms with van der Waals surface area (Å²) in [4.78, 5) is 0. The molecule has 0 unspecified atom stereocenters. The molecule has 0 aromatic heterocycles. The zero-order valence-electron chi connectivity index (χ0n) is 20.6. The topological polar surface area (TPSA) is 0 Å². The highest BCUT2D eigenvalue weighted by molar-refractivity contribution is 7.54. The zero-order chi connectivity index (χ0) is 21.6. The molecule has 0 nitrogen and oxygen atoms in total. The van der Waals surface area contributed by atoms with E-state index in [1.807, 2.05) is 0 Å². The highest BCUT2D eigenvalue weighted by Gasteiger charge is 2.32. The SMILES string of the molecule is CC(C)(C)c1cc(C(C)(C)C)c([P-][C][Si](C)(C)C(C)(C)C)c(C(C)(C)C)c1. The van der Waals surface area contributed by atoms with Crippen molar-refractivity contribution in [1.29, 1.82) is 0 Å². The minimum atomic E-state index is -1.56. The van der Waals surface area contributed by atoms with Crippen molar-refractivity contribution in [3.05, 3.63) is 34.6 Å². The van der Waals surface area contributed by atoms with Crippen LogP contribution >= 0.6 is 8.58 Å². The van der Waals surface area contributed by atoms with Gasteiger partial charge in [0.25, 0.3) is 0 Å². The van der Waals surface area contributed by atoms with Crippen LogP contribution in [0, 0.1) is 5.79 Å². The van der Waals surface area contributed by atoms with Crippen LogP contribution in [0.2, 0.25) is 18.1 Å². The van der Waals surface area contributed by atoms with Gasteiger partial charge in [-0.1, -0.05) is 119 Å². The van der Waals surface area contributed by atoms with E-state index in [2.05, 4.69) is 114 Å². The van der Waals surface area contributed by atoms with E-state index in [0.29, 0.717) is 5.04 Å². The van der Waals surface area contributed by atoms with Gasteiger partial charge in [0.1, 0.15) is 0 Å². The van der Waals surface area contributed by atoms with E-state index in [0.717, 1.165) is 0 Å². The summed E-state index contributed by atoms with van der Waals surface area (Å²) in [7, 11) is -0.285. The average molecular weight is 404 g/mol. The van der Waals surface area contributed by atoms with Crippen LogP contribution in [0.15, 0.2) is 12.1 Å². The summed E-state index contributed by atoms with van der Waals surface area (Å²) in [5, 5.41) is 1.82. The van der Waals surface area contributed by atoms with Gasteiger partial charge in [0.2, 0.25) is 0 Å². The summed E-state index contributed by atoms with van der Waals surface area (Å²) in [5.74, 6) is 4.01. The molecule has 1 aromatic carbocycles. The molecule has 0 spiro atoms. The molecule has 1 rings (SSSR count). The molecule has 0 N–H and O–H groups in total. The van der Waals surface area contributed by atoms with E-state index >= 15 is 0 Å². The lowest BCUT2D eigenvalue weighted by Gasteiger charge is -2.46. The summed E-state index contributed by atoms with van der Waals surface area (Å²) in [6.45, 7) is 33.1. The van der Waals surface area contributed by atoms with Crippen molar-refractivity contribution in [1.82, 2.24) is 0 Å². The molecule has 0 heterocycles. The van der Waals surface area contributed by atoms with Gasteiger partial charge in [0.05, 0.1) is 0 Å². The van der Waals surface area contributed by atoms with Crippen LogP contribution < -0.4 is 5.30 Å². The summed E-state index contributed by atoms with van der Waals surface area (Å²) in [6, 6.07) is 4.95. The van der Waals surface area contributed by atoms with Gasteiger partial charge in [-0.05, 0) is 26.8 Å². The first-order valence-electron chi connectivity index (χ1n) is 10.4. The van der Waals surface area contributed by atoms with Gasteiger partial charge in [-0.25, -0.2) is 5.79 Å². The largest absolute Gasteiger partial charge is 0.506 e. The van der Waals surface area contributed by atoms with E-state index < -0.39 is 8.07 Å². The number of rotatable bonds is 3. The zero-order valence-corrected chi connectivity index (χ0v) is 22.5. The van der Waals surface area contributed by atoms with E-state index in [-0.39, 0.29) is 16.2 Å². The monoisotopic (exact) mass is 403 g/mol. The third-order valence-corrected chi connectivity index (χ3v) is 13.1. The van der Waals surface area contributed by atoms with Crippen molar-refractivity contribution < 1.29 is 0 Å². The van der Waals surface area contributed by atoms with Crippen molar-refractivity contribution in [2.75, 3.05) is 0 Å². The molecule has 0 aliphatic carbocycles. The maximum Gasteiger partial charge on any atom is 0.0269 e. The van der Waals surface area contributed by atoms with Gasteiger partial charge in [-0.2, -0.15) is 5.30 Å². The fourth-order valence-electron chi connectivity index (χ4n) is 2.69. The molecular formula is C25H44PSi-. The standard InChI is InChI=1S/C25H44PSi/c1-22(2,3)18-15-19(23(4,5)6)21(20(16-18)24(7,8)9)26-17-27(13,14)25(10,11)12/h15-16H,1-14H3/q-1. The van der Waals surface area contributed by atoms with Gasteiger partial charge in [-0.3, -0.25) is 0 Å². The molecule has 0 saturated heterocycles. The molecule has 2 heteroatoms. The predicted molar refractivity (Wildman–Crippen MR) is 130 cm³/mol. The summed E-state index contributed by atoms with van der Waals surface area (Å²) < 4.78 is 0. The number of hydrogen-bond donors (Lipinski definition) is 0. The van der Waals surface area contributed by atoms with Crippen LogP contribution in [0.5, 0.6) is 0 Å². The molecule has 2 radical (unpaired) electrons. The Kier molecular flexibility index (Phi) is 7.01. The van der Waals surface area contributed by atoms with Crippen LogP contribution in [0.25, 0.3) is 0 Å². The maximum atomic E-state index is 4.01. The van der Waals surface area contributed by atoms with Gasteiger partial charge >= 0.3 is 0 Å². The van der Waals surface area contributed by atoms with Crippen LogP contribution in [0.3, 0.4) is 0 Å². The van der Waals surface area contributed by atoms with Gasteiger partial charge in [0, 0.05) is 8.07 Å². The second kappa shape index (κ2) is 7.60. The Morgan fingerprint density at radius 1 is 0.667 bits per heavy atom. The Labute approximate surface area is 174 Å². The van der Waals surface area contributed by atoms with E-state index in [1.54, 1.807) is 0 Å². The molecule has 154 valence electrons. The first-order valence-corrected chi connectivity index (χ1v) is 14.2. The Bertz CT molecular complexity index is 621. The molecule has 0 aliphatic rings. The maximum absolute atomic E-state index is 4.01. The fraction of sp³-hybridized carbons (Fsp3) is 0.720.